The first-order valence-electron chi connectivity index (χ1n) is 5.22. The predicted molar refractivity (Wildman–Crippen MR) is 72.7 cm³/mol. The van der Waals surface area contributed by atoms with E-state index in [2.05, 4.69) is 31.2 Å². The van der Waals surface area contributed by atoms with E-state index in [1.165, 1.54) is 0 Å². The number of nitrogens with one attached hydrogen (secondary N) is 1. The summed E-state index contributed by atoms with van der Waals surface area (Å²) in [5.41, 5.74) is 8.37. The molecule has 0 saturated heterocycles. The Bertz CT molecular complexity index is 528. The van der Waals surface area contributed by atoms with Gasteiger partial charge in [0.05, 0.1) is 12.2 Å². The number of nitrogens with zero attached hydrogens (tertiary/aromatic N) is 2. The number of rotatable bonds is 3. The highest BCUT2D eigenvalue weighted by atomic mass is 79.9. The van der Waals surface area contributed by atoms with Crippen molar-refractivity contribution in [2.24, 2.45) is 0 Å². The van der Waals surface area contributed by atoms with Crippen LogP contribution in [0.15, 0.2) is 34.9 Å². The first kappa shape index (κ1) is 11.9. The first-order valence-corrected chi connectivity index (χ1v) is 6.02. The molecule has 0 radical (unpaired) electrons. The van der Waals surface area contributed by atoms with E-state index in [9.17, 15) is 0 Å². The molecule has 3 N–H and O–H groups in total. The summed E-state index contributed by atoms with van der Waals surface area (Å²) >= 11 is 3.46. The molecule has 2 rings (SSSR count). The number of nitrogen functional groups attached to an aromatic ring is 1. The molecule has 1 aromatic heterocycles. The van der Waals surface area contributed by atoms with Crippen LogP contribution >= 0.6 is 15.9 Å². The summed E-state index contributed by atoms with van der Waals surface area (Å²) in [6, 6.07) is 7.56. The summed E-state index contributed by atoms with van der Waals surface area (Å²) in [4.78, 5) is 8.38. The van der Waals surface area contributed by atoms with Gasteiger partial charge in [0.2, 0.25) is 0 Å². The zero-order chi connectivity index (χ0) is 12.3. The Balaban J connectivity index is 2.07. The minimum absolute atomic E-state index is 0.659. The van der Waals surface area contributed by atoms with Gasteiger partial charge in [-0.3, -0.25) is 0 Å². The van der Waals surface area contributed by atoms with Crippen LogP contribution in [0, 0.1) is 6.92 Å². The molecule has 2 aromatic rings. The molecule has 0 spiro atoms. The molecule has 5 heteroatoms. The van der Waals surface area contributed by atoms with Crippen LogP contribution in [0.3, 0.4) is 0 Å². The largest absolute Gasteiger partial charge is 0.399 e. The molecular formula is C12H13BrN4. The molecule has 0 bridgehead atoms. The fourth-order valence-corrected chi connectivity index (χ4v) is 2.00. The van der Waals surface area contributed by atoms with Crippen molar-refractivity contribution in [1.82, 2.24) is 9.97 Å². The number of nitrogens with two attached hydrogens (primary N) is 1. The SMILES string of the molecule is Cc1nccc(CNc2ccc(N)cc2Br)n1. The molecule has 0 unspecified atom stereocenters. The Morgan fingerprint density at radius 3 is 2.88 bits per heavy atom. The normalized spacial score (nSPS) is 10.2. The van der Waals surface area contributed by atoms with Crippen molar-refractivity contribution < 1.29 is 0 Å². The number of aromatic nitrogens is 2. The summed E-state index contributed by atoms with van der Waals surface area (Å²) in [6.07, 6.45) is 1.76. The summed E-state index contributed by atoms with van der Waals surface area (Å²) in [7, 11) is 0. The lowest BCUT2D eigenvalue weighted by molar-refractivity contribution is 0.955. The fraction of sp³-hybridized carbons (Fsp3) is 0.167. The van der Waals surface area contributed by atoms with Gasteiger partial charge in [-0.05, 0) is 47.1 Å². The molecule has 4 nitrogen and oxygen atoms in total. The van der Waals surface area contributed by atoms with Crippen molar-refractivity contribution >= 4 is 27.3 Å². The van der Waals surface area contributed by atoms with E-state index in [1.54, 1.807) is 6.20 Å². The molecule has 0 saturated carbocycles. The fourth-order valence-electron chi connectivity index (χ4n) is 1.46. The van der Waals surface area contributed by atoms with E-state index in [4.69, 9.17) is 5.73 Å². The second-order valence-corrected chi connectivity index (χ2v) is 4.54. The van der Waals surface area contributed by atoms with Gasteiger partial charge in [0, 0.05) is 22.0 Å². The summed E-state index contributed by atoms with van der Waals surface area (Å²) in [5.74, 6) is 0.778. The Morgan fingerprint density at radius 2 is 2.18 bits per heavy atom. The second-order valence-electron chi connectivity index (χ2n) is 3.69. The number of anilines is 2. The third-order valence-corrected chi connectivity index (χ3v) is 2.94. The smallest absolute Gasteiger partial charge is 0.125 e. The van der Waals surface area contributed by atoms with Crippen molar-refractivity contribution in [2.75, 3.05) is 11.1 Å². The number of benzene rings is 1. The summed E-state index contributed by atoms with van der Waals surface area (Å²) in [5, 5.41) is 3.29. The van der Waals surface area contributed by atoms with Gasteiger partial charge < -0.3 is 11.1 Å². The molecular weight excluding hydrogens is 280 g/mol. The number of halogens is 1. The third-order valence-electron chi connectivity index (χ3n) is 2.29. The van der Waals surface area contributed by atoms with Gasteiger partial charge in [0.25, 0.3) is 0 Å². The van der Waals surface area contributed by atoms with E-state index in [-0.39, 0.29) is 0 Å². The van der Waals surface area contributed by atoms with Crippen LogP contribution in [0.2, 0.25) is 0 Å². The topological polar surface area (TPSA) is 63.8 Å². The van der Waals surface area contributed by atoms with Gasteiger partial charge in [0.15, 0.2) is 0 Å². The summed E-state index contributed by atoms with van der Waals surface area (Å²) in [6.45, 7) is 2.54. The quantitative estimate of drug-likeness (QED) is 0.854. The average molecular weight is 293 g/mol. The minimum Gasteiger partial charge on any atom is -0.399 e. The zero-order valence-corrected chi connectivity index (χ0v) is 11.0. The minimum atomic E-state index is 0.659. The molecule has 1 heterocycles. The molecule has 0 amide bonds. The monoisotopic (exact) mass is 292 g/mol. The lowest BCUT2D eigenvalue weighted by Crippen LogP contribution is -2.03. The van der Waals surface area contributed by atoms with Gasteiger partial charge in [-0.25, -0.2) is 9.97 Å². The second kappa shape index (κ2) is 5.14. The Kier molecular flexibility index (Phi) is 3.58. The van der Waals surface area contributed by atoms with E-state index < -0.39 is 0 Å². The van der Waals surface area contributed by atoms with Crippen molar-refractivity contribution in [3.63, 3.8) is 0 Å². The Morgan fingerprint density at radius 1 is 1.35 bits per heavy atom. The molecule has 1 aromatic carbocycles. The molecule has 0 aliphatic heterocycles. The van der Waals surface area contributed by atoms with Crippen molar-refractivity contribution in [3.8, 4) is 0 Å². The Hall–Kier alpha value is -1.62. The third kappa shape index (κ3) is 3.17. The van der Waals surface area contributed by atoms with Gasteiger partial charge >= 0.3 is 0 Å². The van der Waals surface area contributed by atoms with Crippen LogP contribution in [0.5, 0.6) is 0 Å². The Labute approximate surface area is 108 Å². The average Bonchev–Trinajstić information content (AvgIpc) is 2.28. The number of hydrogen-bond donors (Lipinski definition) is 2. The van der Waals surface area contributed by atoms with Crippen molar-refractivity contribution in [3.05, 3.63) is 46.5 Å². The molecule has 0 atom stereocenters. The van der Waals surface area contributed by atoms with Crippen LogP contribution < -0.4 is 11.1 Å². The molecule has 0 aliphatic carbocycles. The van der Waals surface area contributed by atoms with Crippen LogP contribution in [-0.4, -0.2) is 9.97 Å². The lowest BCUT2D eigenvalue weighted by Gasteiger charge is -2.08. The van der Waals surface area contributed by atoms with E-state index in [0.717, 1.165) is 27.4 Å². The highest BCUT2D eigenvalue weighted by molar-refractivity contribution is 9.10. The van der Waals surface area contributed by atoms with Crippen molar-refractivity contribution in [2.45, 2.75) is 13.5 Å². The van der Waals surface area contributed by atoms with E-state index >= 15 is 0 Å². The molecule has 17 heavy (non-hydrogen) atoms. The maximum Gasteiger partial charge on any atom is 0.125 e. The van der Waals surface area contributed by atoms with Gasteiger partial charge in [-0.1, -0.05) is 0 Å². The highest BCUT2D eigenvalue weighted by Crippen LogP contribution is 2.24. The highest BCUT2D eigenvalue weighted by Gasteiger charge is 2.01. The van der Waals surface area contributed by atoms with Crippen molar-refractivity contribution in [1.29, 1.82) is 0 Å². The van der Waals surface area contributed by atoms with Gasteiger partial charge in [-0.2, -0.15) is 0 Å². The van der Waals surface area contributed by atoms with Gasteiger partial charge in [-0.15, -0.1) is 0 Å². The number of aryl methyl sites for hydroxylation is 1. The predicted octanol–water partition coefficient (Wildman–Crippen LogP) is 2.74. The molecule has 0 aliphatic rings. The lowest BCUT2D eigenvalue weighted by atomic mass is 10.3. The number of hydrogen-bond acceptors (Lipinski definition) is 4. The first-order chi connectivity index (χ1) is 8.15. The standard InChI is InChI=1S/C12H13BrN4/c1-8-15-5-4-10(17-8)7-16-12-3-2-9(14)6-11(12)13/h2-6,16H,7,14H2,1H3. The van der Waals surface area contributed by atoms with Crippen LogP contribution in [0.25, 0.3) is 0 Å². The van der Waals surface area contributed by atoms with Crippen LogP contribution in [-0.2, 0) is 6.54 Å². The maximum atomic E-state index is 5.68. The van der Waals surface area contributed by atoms with Crippen LogP contribution in [0.4, 0.5) is 11.4 Å². The zero-order valence-electron chi connectivity index (χ0n) is 9.44. The molecule has 88 valence electrons. The van der Waals surface area contributed by atoms with Crippen LogP contribution in [0.1, 0.15) is 11.5 Å². The molecule has 0 fully saturated rings. The maximum absolute atomic E-state index is 5.68. The summed E-state index contributed by atoms with van der Waals surface area (Å²) < 4.78 is 0.947. The van der Waals surface area contributed by atoms with E-state index in [0.29, 0.717) is 6.54 Å². The van der Waals surface area contributed by atoms with Gasteiger partial charge in [0.1, 0.15) is 5.82 Å². The van der Waals surface area contributed by atoms with E-state index in [1.807, 2.05) is 31.2 Å².